The molecule has 1 aromatic heterocycles. The van der Waals surface area contributed by atoms with Crippen LogP contribution in [0.4, 0.5) is 0 Å². The second-order valence-electron chi connectivity index (χ2n) is 7.21. The van der Waals surface area contributed by atoms with E-state index < -0.39 is 0 Å². The summed E-state index contributed by atoms with van der Waals surface area (Å²) < 4.78 is 0. The lowest BCUT2D eigenvalue weighted by molar-refractivity contribution is -0.149. The van der Waals surface area contributed by atoms with Gasteiger partial charge in [-0.15, -0.1) is 0 Å². The number of para-hydroxylation sites is 1. The zero-order valence-electron chi connectivity index (χ0n) is 14.1. The number of hydrazine groups is 1. The van der Waals surface area contributed by atoms with E-state index in [1.165, 1.54) is 0 Å². The van der Waals surface area contributed by atoms with Gasteiger partial charge in [0.05, 0.1) is 18.3 Å². The number of amides is 3. The molecular weight excluding hydrogens is 318 g/mol. The summed E-state index contributed by atoms with van der Waals surface area (Å²) in [5.74, 6) is -0.956. The van der Waals surface area contributed by atoms with E-state index in [0.717, 1.165) is 40.7 Å². The summed E-state index contributed by atoms with van der Waals surface area (Å²) in [6, 6.07) is 7.72. The summed E-state index contributed by atoms with van der Waals surface area (Å²) in [7, 11) is 0. The van der Waals surface area contributed by atoms with E-state index in [0.29, 0.717) is 5.92 Å². The number of H-pyrrole nitrogens is 1. The van der Waals surface area contributed by atoms with Gasteiger partial charge in [0.1, 0.15) is 0 Å². The maximum atomic E-state index is 12.5. The number of carbonyl (C=O) groups is 3. The summed E-state index contributed by atoms with van der Waals surface area (Å²) in [5, 5.41) is 1.93. The molecule has 1 aliphatic carbocycles. The predicted octanol–water partition coefficient (Wildman–Crippen LogP) is 2.16. The number of benzene rings is 1. The molecule has 3 atom stereocenters. The number of nitrogens with zero attached hydrogens (tertiary/aromatic N) is 1. The van der Waals surface area contributed by atoms with Crippen LogP contribution in [-0.4, -0.2) is 27.7 Å². The third kappa shape index (κ3) is 2.71. The number of aromatic nitrogens is 1. The lowest BCUT2D eigenvalue weighted by atomic mass is 9.76. The normalized spacial score (nSPS) is 26.1. The molecule has 1 aliphatic heterocycles. The average molecular weight is 339 g/mol. The largest absolute Gasteiger partial charge is 0.361 e. The number of hydrogen-bond acceptors (Lipinski definition) is 3. The van der Waals surface area contributed by atoms with Crippen LogP contribution in [0.15, 0.2) is 30.5 Å². The van der Waals surface area contributed by atoms with E-state index in [1.54, 1.807) is 6.20 Å². The first-order valence-electron chi connectivity index (χ1n) is 8.77. The smallest absolute Gasteiger partial charge is 0.252 e. The minimum Gasteiger partial charge on any atom is -0.361 e. The Bertz CT molecular complexity index is 856. The fourth-order valence-corrected chi connectivity index (χ4v) is 4.11. The number of rotatable bonds is 3. The highest BCUT2D eigenvalue weighted by molar-refractivity contribution is 6.06. The zero-order valence-corrected chi connectivity index (χ0v) is 14.1. The third-order valence-corrected chi connectivity index (χ3v) is 5.45. The van der Waals surface area contributed by atoms with Gasteiger partial charge in [-0.25, -0.2) is 0 Å². The molecule has 2 heterocycles. The van der Waals surface area contributed by atoms with Gasteiger partial charge in [0.25, 0.3) is 11.8 Å². The molecule has 3 unspecified atom stereocenters. The van der Waals surface area contributed by atoms with Crippen molar-refractivity contribution < 1.29 is 14.4 Å². The fourth-order valence-electron chi connectivity index (χ4n) is 4.11. The summed E-state index contributed by atoms with van der Waals surface area (Å²) >= 11 is 0. The number of fused-ring (bicyclic) bond motifs is 2. The second-order valence-corrected chi connectivity index (χ2v) is 7.21. The SMILES string of the molecule is CC1CCC2C(=O)N(NC(=O)Cc3c[nH]c4ccccc34)C(=O)C2C1. The molecule has 0 spiro atoms. The zero-order chi connectivity index (χ0) is 17.6. The first-order chi connectivity index (χ1) is 12.0. The molecule has 3 amide bonds. The van der Waals surface area contributed by atoms with Crippen LogP contribution in [0.5, 0.6) is 0 Å². The van der Waals surface area contributed by atoms with Crippen LogP contribution in [0.3, 0.4) is 0 Å². The lowest BCUT2D eigenvalue weighted by Gasteiger charge is -2.25. The molecule has 2 fully saturated rings. The molecule has 130 valence electrons. The van der Waals surface area contributed by atoms with E-state index in [2.05, 4.69) is 17.3 Å². The van der Waals surface area contributed by atoms with Crippen molar-refractivity contribution in [3.63, 3.8) is 0 Å². The second kappa shape index (κ2) is 6.02. The summed E-state index contributed by atoms with van der Waals surface area (Å²) in [4.78, 5) is 40.5. The molecular formula is C19H21N3O3. The lowest BCUT2D eigenvalue weighted by Crippen LogP contribution is -2.47. The van der Waals surface area contributed by atoms with Gasteiger partial charge in [0.2, 0.25) is 5.91 Å². The van der Waals surface area contributed by atoms with Crippen molar-refractivity contribution in [1.29, 1.82) is 0 Å². The first kappa shape index (κ1) is 15.9. The van der Waals surface area contributed by atoms with Crippen molar-refractivity contribution >= 4 is 28.6 Å². The number of nitrogens with one attached hydrogen (secondary N) is 2. The molecule has 1 saturated heterocycles. The Kier molecular flexibility index (Phi) is 3.82. The van der Waals surface area contributed by atoms with E-state index in [-0.39, 0.29) is 36.0 Å². The Morgan fingerprint density at radius 3 is 2.80 bits per heavy atom. The Balaban J connectivity index is 1.47. The standard InChI is InChI=1S/C19H21N3O3/c1-11-6-7-14-15(8-11)19(25)22(18(14)24)21-17(23)9-12-10-20-16-5-3-2-4-13(12)16/h2-5,10-11,14-15,20H,6-9H2,1H3,(H,21,23). The van der Waals surface area contributed by atoms with E-state index in [9.17, 15) is 14.4 Å². The van der Waals surface area contributed by atoms with Crippen molar-refractivity contribution in [2.75, 3.05) is 0 Å². The third-order valence-electron chi connectivity index (χ3n) is 5.45. The van der Waals surface area contributed by atoms with Crippen LogP contribution in [0.1, 0.15) is 31.7 Å². The Labute approximate surface area is 145 Å². The van der Waals surface area contributed by atoms with Gasteiger partial charge >= 0.3 is 0 Å². The van der Waals surface area contributed by atoms with Gasteiger partial charge in [-0.1, -0.05) is 25.1 Å². The molecule has 2 N–H and O–H groups in total. The molecule has 0 bridgehead atoms. The molecule has 1 aromatic carbocycles. The summed E-state index contributed by atoms with van der Waals surface area (Å²) in [5.41, 5.74) is 4.34. The molecule has 25 heavy (non-hydrogen) atoms. The minimum atomic E-state index is -0.349. The van der Waals surface area contributed by atoms with E-state index in [1.807, 2.05) is 24.3 Å². The van der Waals surface area contributed by atoms with Gasteiger partial charge in [0, 0.05) is 17.1 Å². The van der Waals surface area contributed by atoms with Crippen molar-refractivity contribution in [3.8, 4) is 0 Å². The maximum absolute atomic E-state index is 12.5. The van der Waals surface area contributed by atoms with E-state index >= 15 is 0 Å². The summed E-state index contributed by atoms with van der Waals surface area (Å²) in [6.45, 7) is 2.10. The highest BCUT2D eigenvalue weighted by Gasteiger charge is 2.50. The molecule has 6 nitrogen and oxygen atoms in total. The van der Waals surface area contributed by atoms with Crippen molar-refractivity contribution in [3.05, 3.63) is 36.0 Å². The molecule has 4 rings (SSSR count). The average Bonchev–Trinajstić information content (AvgIpc) is 3.10. The van der Waals surface area contributed by atoms with Gasteiger partial charge in [-0.05, 0) is 36.8 Å². The molecule has 2 aromatic rings. The van der Waals surface area contributed by atoms with Gasteiger partial charge in [-0.2, -0.15) is 5.01 Å². The monoisotopic (exact) mass is 339 g/mol. The van der Waals surface area contributed by atoms with Crippen molar-refractivity contribution in [2.24, 2.45) is 17.8 Å². The maximum Gasteiger partial charge on any atom is 0.252 e. The van der Waals surface area contributed by atoms with E-state index in [4.69, 9.17) is 0 Å². The van der Waals surface area contributed by atoms with Crippen molar-refractivity contribution in [1.82, 2.24) is 15.4 Å². The fraction of sp³-hybridized carbons (Fsp3) is 0.421. The van der Waals surface area contributed by atoms with Gasteiger partial charge in [0.15, 0.2) is 0 Å². The molecule has 6 heteroatoms. The Hall–Kier alpha value is -2.63. The van der Waals surface area contributed by atoms with Crippen LogP contribution >= 0.6 is 0 Å². The van der Waals surface area contributed by atoms with Gasteiger partial charge in [-0.3, -0.25) is 19.8 Å². The van der Waals surface area contributed by atoms with Crippen LogP contribution in [0, 0.1) is 17.8 Å². The van der Waals surface area contributed by atoms with Crippen LogP contribution < -0.4 is 5.43 Å². The number of carbonyl (C=O) groups excluding carboxylic acids is 3. The van der Waals surface area contributed by atoms with Crippen molar-refractivity contribution in [2.45, 2.75) is 32.6 Å². The predicted molar refractivity (Wildman–Crippen MR) is 92.0 cm³/mol. The topological polar surface area (TPSA) is 82.3 Å². The number of hydrogen-bond donors (Lipinski definition) is 2. The quantitative estimate of drug-likeness (QED) is 0.841. The van der Waals surface area contributed by atoms with Crippen LogP contribution in [0.2, 0.25) is 0 Å². The Morgan fingerprint density at radius 1 is 1.20 bits per heavy atom. The highest BCUT2D eigenvalue weighted by Crippen LogP contribution is 2.39. The van der Waals surface area contributed by atoms with Crippen LogP contribution in [-0.2, 0) is 20.8 Å². The highest BCUT2D eigenvalue weighted by atomic mass is 16.2. The van der Waals surface area contributed by atoms with Gasteiger partial charge < -0.3 is 4.98 Å². The summed E-state index contributed by atoms with van der Waals surface area (Å²) in [6.07, 6.45) is 4.32. The molecule has 1 saturated carbocycles. The number of aromatic amines is 1. The number of imide groups is 1. The molecule has 0 radical (unpaired) electrons. The van der Waals surface area contributed by atoms with Crippen LogP contribution in [0.25, 0.3) is 10.9 Å². The first-order valence-corrected chi connectivity index (χ1v) is 8.77. The Morgan fingerprint density at radius 2 is 1.96 bits per heavy atom. The minimum absolute atomic E-state index is 0.118. The molecule has 2 aliphatic rings.